The lowest BCUT2D eigenvalue weighted by atomic mass is 10.0. The first-order valence-electron chi connectivity index (χ1n) is 8.35. The summed E-state index contributed by atoms with van der Waals surface area (Å²) in [6.07, 6.45) is 7.53. The quantitative estimate of drug-likeness (QED) is 0.733. The van der Waals surface area contributed by atoms with Crippen LogP contribution in [0.5, 0.6) is 0 Å². The zero-order valence-corrected chi connectivity index (χ0v) is 14.7. The fourth-order valence-corrected chi connectivity index (χ4v) is 3.81. The van der Waals surface area contributed by atoms with E-state index in [0.717, 1.165) is 23.0 Å². The van der Waals surface area contributed by atoms with Gasteiger partial charge in [0, 0.05) is 42.7 Å². The smallest absolute Gasteiger partial charge is 0.170 e. The number of aromatic nitrogens is 3. The van der Waals surface area contributed by atoms with E-state index in [0.29, 0.717) is 0 Å². The molecule has 1 N–H and O–H groups in total. The van der Waals surface area contributed by atoms with E-state index in [9.17, 15) is 0 Å². The van der Waals surface area contributed by atoms with E-state index in [1.54, 1.807) is 0 Å². The number of thiocarbonyl (C=S) groups is 1. The van der Waals surface area contributed by atoms with Gasteiger partial charge in [-0.25, -0.2) is 0 Å². The van der Waals surface area contributed by atoms with Crippen LogP contribution in [0.25, 0.3) is 5.69 Å². The van der Waals surface area contributed by atoms with Gasteiger partial charge in [-0.3, -0.25) is 9.97 Å². The Labute approximate surface area is 152 Å². The molecule has 0 radical (unpaired) electrons. The molecule has 0 unspecified atom stereocenters. The predicted molar refractivity (Wildman–Crippen MR) is 101 cm³/mol. The first kappa shape index (κ1) is 15.8. The Bertz CT molecular complexity index is 862. The van der Waals surface area contributed by atoms with Gasteiger partial charge in [0.15, 0.2) is 5.11 Å². The second-order valence-corrected chi connectivity index (χ2v) is 6.31. The van der Waals surface area contributed by atoms with E-state index >= 15 is 0 Å². The number of nitrogens with zero attached hydrogens (tertiary/aromatic N) is 4. The van der Waals surface area contributed by atoms with Crippen molar-refractivity contribution in [2.75, 3.05) is 6.54 Å². The van der Waals surface area contributed by atoms with E-state index in [-0.39, 0.29) is 12.1 Å². The van der Waals surface area contributed by atoms with E-state index in [1.807, 2.05) is 48.9 Å². The lowest BCUT2D eigenvalue weighted by molar-refractivity contribution is 0.321. The van der Waals surface area contributed by atoms with Crippen molar-refractivity contribution >= 4 is 17.3 Å². The van der Waals surface area contributed by atoms with Crippen LogP contribution in [-0.4, -0.2) is 31.1 Å². The Morgan fingerprint density at radius 3 is 2.64 bits per heavy atom. The summed E-state index contributed by atoms with van der Waals surface area (Å²) in [7, 11) is 0. The monoisotopic (exact) mass is 349 g/mol. The van der Waals surface area contributed by atoms with Gasteiger partial charge in [-0.15, -0.1) is 0 Å². The maximum atomic E-state index is 5.60. The van der Waals surface area contributed by atoms with Crippen molar-refractivity contribution in [3.05, 3.63) is 78.6 Å². The molecule has 0 amide bonds. The summed E-state index contributed by atoms with van der Waals surface area (Å²) in [5.41, 5.74) is 3.26. The van der Waals surface area contributed by atoms with Crippen molar-refractivity contribution in [1.29, 1.82) is 0 Å². The third kappa shape index (κ3) is 2.78. The van der Waals surface area contributed by atoms with Crippen LogP contribution in [-0.2, 0) is 0 Å². The highest BCUT2D eigenvalue weighted by molar-refractivity contribution is 7.80. The number of hydrogen-bond donors (Lipinski definition) is 1. The molecule has 5 nitrogen and oxygen atoms in total. The highest BCUT2D eigenvalue weighted by Crippen LogP contribution is 2.39. The van der Waals surface area contributed by atoms with Gasteiger partial charge in [0.1, 0.15) is 0 Å². The molecular weight excluding hydrogens is 330 g/mol. The van der Waals surface area contributed by atoms with Crippen LogP contribution in [0.4, 0.5) is 0 Å². The van der Waals surface area contributed by atoms with Crippen molar-refractivity contribution in [3.63, 3.8) is 0 Å². The third-order valence-corrected chi connectivity index (χ3v) is 4.92. The van der Waals surface area contributed by atoms with Crippen molar-refractivity contribution in [1.82, 2.24) is 24.8 Å². The molecule has 3 aromatic heterocycles. The molecule has 6 heteroatoms. The molecule has 126 valence electrons. The molecule has 0 aromatic carbocycles. The van der Waals surface area contributed by atoms with Gasteiger partial charge in [0.2, 0.25) is 0 Å². The Hall–Kier alpha value is -2.73. The summed E-state index contributed by atoms with van der Waals surface area (Å²) in [6.45, 7) is 2.96. The summed E-state index contributed by atoms with van der Waals surface area (Å²) in [5.74, 6) is 0. The second kappa shape index (κ2) is 6.64. The summed E-state index contributed by atoms with van der Waals surface area (Å²) >= 11 is 5.60. The van der Waals surface area contributed by atoms with Crippen LogP contribution in [0.1, 0.15) is 30.4 Å². The Kier molecular flexibility index (Phi) is 4.19. The minimum atomic E-state index is 0.0177. The number of rotatable bonds is 4. The van der Waals surface area contributed by atoms with E-state index in [4.69, 9.17) is 12.2 Å². The summed E-state index contributed by atoms with van der Waals surface area (Å²) in [5, 5.41) is 4.23. The fourth-order valence-electron chi connectivity index (χ4n) is 3.44. The molecule has 0 saturated carbocycles. The lowest BCUT2D eigenvalue weighted by Crippen LogP contribution is -2.30. The number of likely N-dealkylation sites (N-methyl/N-ethyl adjacent to an activating group) is 1. The number of nitrogens with one attached hydrogen (secondary N) is 1. The Morgan fingerprint density at radius 1 is 1.08 bits per heavy atom. The summed E-state index contributed by atoms with van der Waals surface area (Å²) < 4.78 is 2.19. The molecular formula is C19H19N5S. The molecule has 1 aliphatic heterocycles. The van der Waals surface area contributed by atoms with E-state index < -0.39 is 0 Å². The number of hydrogen-bond acceptors (Lipinski definition) is 3. The topological polar surface area (TPSA) is 46.0 Å². The Morgan fingerprint density at radius 2 is 1.92 bits per heavy atom. The van der Waals surface area contributed by atoms with Crippen LogP contribution in [0.3, 0.4) is 0 Å². The first-order valence-corrected chi connectivity index (χ1v) is 8.76. The van der Waals surface area contributed by atoms with Gasteiger partial charge in [0.25, 0.3) is 0 Å². The highest BCUT2D eigenvalue weighted by atomic mass is 32.1. The molecule has 0 bridgehead atoms. The lowest BCUT2D eigenvalue weighted by Gasteiger charge is -2.27. The maximum absolute atomic E-state index is 5.60. The van der Waals surface area contributed by atoms with Crippen molar-refractivity contribution in [2.45, 2.75) is 19.0 Å². The molecule has 0 aliphatic carbocycles. The van der Waals surface area contributed by atoms with Gasteiger partial charge in [-0.1, -0.05) is 6.07 Å². The van der Waals surface area contributed by atoms with Gasteiger partial charge >= 0.3 is 0 Å². The maximum Gasteiger partial charge on any atom is 0.170 e. The predicted octanol–water partition coefficient (Wildman–Crippen LogP) is 3.26. The molecule has 4 heterocycles. The average molecular weight is 349 g/mol. The molecule has 2 atom stereocenters. The van der Waals surface area contributed by atoms with E-state index in [1.165, 1.54) is 5.69 Å². The summed E-state index contributed by atoms with van der Waals surface area (Å²) in [6, 6.07) is 14.3. The SMILES string of the molecule is CCN1C(=S)N[C@@H](c2ccccn2)[C@@H]1c1cccn1-c1ccncc1. The van der Waals surface area contributed by atoms with Crippen LogP contribution < -0.4 is 5.32 Å². The van der Waals surface area contributed by atoms with Crippen molar-refractivity contribution in [2.24, 2.45) is 0 Å². The molecule has 1 saturated heterocycles. The van der Waals surface area contributed by atoms with Crippen molar-refractivity contribution in [3.8, 4) is 5.69 Å². The molecule has 0 spiro atoms. The fraction of sp³-hybridized carbons (Fsp3) is 0.211. The van der Waals surface area contributed by atoms with Gasteiger partial charge in [-0.2, -0.15) is 0 Å². The third-order valence-electron chi connectivity index (χ3n) is 4.56. The molecule has 25 heavy (non-hydrogen) atoms. The molecule has 3 aromatic rings. The minimum Gasteiger partial charge on any atom is -0.352 e. The van der Waals surface area contributed by atoms with Crippen LogP contribution in [0.2, 0.25) is 0 Å². The zero-order valence-electron chi connectivity index (χ0n) is 13.9. The normalized spacial score (nSPS) is 19.9. The zero-order chi connectivity index (χ0) is 17.2. The van der Waals surface area contributed by atoms with Gasteiger partial charge in [0.05, 0.1) is 17.8 Å². The number of pyridine rings is 2. The first-order chi connectivity index (χ1) is 12.3. The van der Waals surface area contributed by atoms with Gasteiger partial charge < -0.3 is 14.8 Å². The molecule has 1 fully saturated rings. The largest absolute Gasteiger partial charge is 0.352 e. The van der Waals surface area contributed by atoms with Crippen LogP contribution in [0, 0.1) is 0 Å². The standard InChI is InChI=1S/C19H19N5S/c1-2-23-18(17(22-19(23)25)15-6-3-4-10-21-15)16-7-5-13-24(16)14-8-11-20-12-9-14/h3-13,17-18H,2H2,1H3,(H,22,25)/t17-,18-/m0/s1. The van der Waals surface area contributed by atoms with E-state index in [2.05, 4.69) is 50.0 Å². The Balaban J connectivity index is 1.81. The molecule has 4 rings (SSSR count). The minimum absolute atomic E-state index is 0.0177. The van der Waals surface area contributed by atoms with Crippen LogP contribution in [0.15, 0.2) is 67.3 Å². The highest BCUT2D eigenvalue weighted by Gasteiger charge is 2.40. The van der Waals surface area contributed by atoms with Gasteiger partial charge in [-0.05, 0) is 55.5 Å². The van der Waals surface area contributed by atoms with Crippen molar-refractivity contribution < 1.29 is 0 Å². The average Bonchev–Trinajstić information content (AvgIpc) is 3.27. The summed E-state index contributed by atoms with van der Waals surface area (Å²) in [4.78, 5) is 10.9. The molecule has 1 aliphatic rings. The van der Waals surface area contributed by atoms with Crippen LogP contribution >= 0.6 is 12.2 Å². The second-order valence-electron chi connectivity index (χ2n) is 5.92.